The molecule has 2 aromatic carbocycles. The van der Waals surface area contributed by atoms with Gasteiger partial charge in [-0.2, -0.15) is 4.31 Å². The fourth-order valence-electron chi connectivity index (χ4n) is 3.65. The first kappa shape index (κ1) is 18.7. The lowest BCUT2D eigenvalue weighted by molar-refractivity contribution is -0.120. The summed E-state index contributed by atoms with van der Waals surface area (Å²) in [4.78, 5) is 15.9. The zero-order valence-electron chi connectivity index (χ0n) is 15.7. The number of aromatic amines is 1. The first-order valence-electron chi connectivity index (χ1n) is 9.39. The summed E-state index contributed by atoms with van der Waals surface area (Å²) in [5.74, 6) is -0.224. The molecule has 4 rings (SSSR count). The number of para-hydroxylation sites is 1. The molecule has 0 atom stereocenters. The lowest BCUT2D eigenvalue weighted by Gasteiger charge is -2.30. The molecule has 0 bridgehead atoms. The molecule has 1 saturated heterocycles. The van der Waals surface area contributed by atoms with Crippen LogP contribution in [0.15, 0.2) is 59.6 Å². The second-order valence-corrected chi connectivity index (χ2v) is 9.15. The molecular formula is C21H23N3O3S. The summed E-state index contributed by atoms with van der Waals surface area (Å²) in [6.07, 6.45) is 2.83. The Bertz CT molecular complexity index is 1110. The number of sulfonamides is 1. The first-order chi connectivity index (χ1) is 13.4. The largest absolute Gasteiger partial charge is 0.361 e. The third-order valence-electron chi connectivity index (χ3n) is 5.39. The standard InChI is InChI=1S/C21H23N3O3S/c1-15-4-2-3-5-19(15)23-21(25)16-9-12-24(13-10-16)28(26,27)18-6-7-20-17(14-18)8-11-22-20/h2-8,11,14,16,22H,9-10,12-13H2,1H3,(H,23,25). The highest BCUT2D eigenvalue weighted by atomic mass is 32.2. The number of aryl methyl sites for hydroxylation is 1. The van der Waals surface area contributed by atoms with Gasteiger partial charge in [0, 0.05) is 41.8 Å². The van der Waals surface area contributed by atoms with Gasteiger partial charge in [-0.05, 0) is 55.7 Å². The van der Waals surface area contributed by atoms with Gasteiger partial charge < -0.3 is 10.3 Å². The van der Waals surface area contributed by atoms with E-state index in [1.807, 2.05) is 37.3 Å². The van der Waals surface area contributed by atoms with Crippen molar-refractivity contribution in [3.8, 4) is 0 Å². The number of benzene rings is 2. The number of nitrogens with zero attached hydrogens (tertiary/aromatic N) is 1. The van der Waals surface area contributed by atoms with Crippen LogP contribution in [0.25, 0.3) is 10.9 Å². The molecule has 1 fully saturated rings. The highest BCUT2D eigenvalue weighted by Crippen LogP contribution is 2.27. The number of anilines is 1. The molecule has 3 aromatic rings. The number of H-pyrrole nitrogens is 1. The van der Waals surface area contributed by atoms with Crippen molar-refractivity contribution in [3.05, 3.63) is 60.3 Å². The van der Waals surface area contributed by atoms with Gasteiger partial charge in [0.15, 0.2) is 0 Å². The Morgan fingerprint density at radius 3 is 2.61 bits per heavy atom. The molecule has 0 saturated carbocycles. The van der Waals surface area contributed by atoms with Gasteiger partial charge in [0.2, 0.25) is 15.9 Å². The minimum Gasteiger partial charge on any atom is -0.361 e. The number of piperidine rings is 1. The predicted molar refractivity (Wildman–Crippen MR) is 110 cm³/mol. The summed E-state index contributed by atoms with van der Waals surface area (Å²) in [5, 5.41) is 3.84. The second kappa shape index (κ2) is 7.41. The maximum absolute atomic E-state index is 13.0. The van der Waals surface area contributed by atoms with Crippen LogP contribution in [0.5, 0.6) is 0 Å². The van der Waals surface area contributed by atoms with Crippen molar-refractivity contribution in [2.45, 2.75) is 24.7 Å². The average molecular weight is 398 g/mol. The summed E-state index contributed by atoms with van der Waals surface area (Å²) in [6.45, 7) is 2.64. The SMILES string of the molecule is Cc1ccccc1NC(=O)C1CCN(S(=O)(=O)c2ccc3[nH]ccc3c2)CC1. The molecule has 28 heavy (non-hydrogen) atoms. The number of hydrogen-bond acceptors (Lipinski definition) is 3. The van der Waals surface area contributed by atoms with E-state index in [1.54, 1.807) is 24.4 Å². The van der Waals surface area contributed by atoms with Crippen molar-refractivity contribution in [3.63, 3.8) is 0 Å². The predicted octanol–water partition coefficient (Wildman–Crippen LogP) is 3.52. The second-order valence-electron chi connectivity index (χ2n) is 7.21. The third-order valence-corrected chi connectivity index (χ3v) is 7.28. The zero-order chi connectivity index (χ0) is 19.7. The molecule has 1 aliphatic heterocycles. The Morgan fingerprint density at radius 1 is 1.11 bits per heavy atom. The summed E-state index contributed by atoms with van der Waals surface area (Å²) >= 11 is 0. The number of carbonyl (C=O) groups is 1. The molecule has 2 heterocycles. The first-order valence-corrected chi connectivity index (χ1v) is 10.8. The van der Waals surface area contributed by atoms with Crippen molar-refractivity contribution >= 4 is 32.5 Å². The molecule has 1 aliphatic rings. The molecule has 146 valence electrons. The van der Waals surface area contributed by atoms with Crippen LogP contribution in [0.3, 0.4) is 0 Å². The van der Waals surface area contributed by atoms with Gasteiger partial charge in [0.25, 0.3) is 0 Å². The van der Waals surface area contributed by atoms with Gasteiger partial charge in [0.05, 0.1) is 4.90 Å². The van der Waals surface area contributed by atoms with E-state index in [1.165, 1.54) is 4.31 Å². The van der Waals surface area contributed by atoms with Crippen molar-refractivity contribution in [2.75, 3.05) is 18.4 Å². The third kappa shape index (κ3) is 3.55. The van der Waals surface area contributed by atoms with Crippen molar-refractivity contribution in [1.29, 1.82) is 0 Å². The monoisotopic (exact) mass is 397 g/mol. The fourth-order valence-corrected chi connectivity index (χ4v) is 5.15. The quantitative estimate of drug-likeness (QED) is 0.707. The normalized spacial score (nSPS) is 16.3. The van der Waals surface area contributed by atoms with Crippen LogP contribution in [0.1, 0.15) is 18.4 Å². The van der Waals surface area contributed by atoms with E-state index in [-0.39, 0.29) is 11.8 Å². The highest BCUT2D eigenvalue weighted by molar-refractivity contribution is 7.89. The van der Waals surface area contributed by atoms with E-state index < -0.39 is 10.0 Å². The fraction of sp³-hybridized carbons (Fsp3) is 0.286. The molecule has 0 aliphatic carbocycles. The summed E-state index contributed by atoms with van der Waals surface area (Å²) in [6, 6.07) is 14.6. The number of carbonyl (C=O) groups excluding carboxylic acids is 1. The van der Waals surface area contributed by atoms with Crippen LogP contribution in [0.2, 0.25) is 0 Å². The van der Waals surface area contributed by atoms with E-state index in [4.69, 9.17) is 0 Å². The van der Waals surface area contributed by atoms with Gasteiger partial charge in [-0.1, -0.05) is 18.2 Å². The van der Waals surface area contributed by atoms with Gasteiger partial charge in [0.1, 0.15) is 0 Å². The lowest BCUT2D eigenvalue weighted by atomic mass is 9.97. The maximum Gasteiger partial charge on any atom is 0.243 e. The van der Waals surface area contributed by atoms with Crippen LogP contribution in [-0.4, -0.2) is 36.7 Å². The molecule has 0 radical (unpaired) electrons. The molecule has 7 heteroatoms. The highest BCUT2D eigenvalue weighted by Gasteiger charge is 2.32. The summed E-state index contributed by atoms with van der Waals surface area (Å²) in [5.41, 5.74) is 2.73. The van der Waals surface area contributed by atoms with E-state index in [2.05, 4.69) is 10.3 Å². The Kier molecular flexibility index (Phi) is 4.95. The maximum atomic E-state index is 13.0. The van der Waals surface area contributed by atoms with Gasteiger partial charge in [-0.25, -0.2) is 8.42 Å². The number of rotatable bonds is 4. The van der Waals surface area contributed by atoms with E-state index in [0.29, 0.717) is 30.8 Å². The van der Waals surface area contributed by atoms with Crippen LogP contribution < -0.4 is 5.32 Å². The zero-order valence-corrected chi connectivity index (χ0v) is 16.5. The van der Waals surface area contributed by atoms with Gasteiger partial charge in [-0.3, -0.25) is 4.79 Å². The van der Waals surface area contributed by atoms with E-state index >= 15 is 0 Å². The van der Waals surface area contributed by atoms with E-state index in [0.717, 1.165) is 22.2 Å². The topological polar surface area (TPSA) is 82.3 Å². The average Bonchev–Trinajstić information content (AvgIpc) is 3.17. The Labute approximate surface area is 164 Å². The number of nitrogens with one attached hydrogen (secondary N) is 2. The summed E-state index contributed by atoms with van der Waals surface area (Å²) in [7, 11) is -3.56. The van der Waals surface area contributed by atoms with Gasteiger partial charge in [-0.15, -0.1) is 0 Å². The van der Waals surface area contributed by atoms with Crippen LogP contribution in [0, 0.1) is 12.8 Å². The van der Waals surface area contributed by atoms with Gasteiger partial charge >= 0.3 is 0 Å². The minimum atomic E-state index is -3.56. The summed E-state index contributed by atoms with van der Waals surface area (Å²) < 4.78 is 27.4. The molecule has 1 aromatic heterocycles. The lowest BCUT2D eigenvalue weighted by Crippen LogP contribution is -2.41. The van der Waals surface area contributed by atoms with Crippen molar-refractivity contribution in [2.24, 2.45) is 5.92 Å². The molecular weight excluding hydrogens is 374 g/mol. The van der Waals surface area contributed by atoms with Crippen LogP contribution >= 0.6 is 0 Å². The Hall–Kier alpha value is -2.64. The smallest absolute Gasteiger partial charge is 0.243 e. The Morgan fingerprint density at radius 2 is 1.86 bits per heavy atom. The molecule has 1 amide bonds. The van der Waals surface area contributed by atoms with Crippen molar-refractivity contribution in [1.82, 2.24) is 9.29 Å². The molecule has 6 nitrogen and oxygen atoms in total. The van der Waals surface area contributed by atoms with E-state index in [9.17, 15) is 13.2 Å². The number of fused-ring (bicyclic) bond motifs is 1. The molecule has 2 N–H and O–H groups in total. The number of amides is 1. The molecule has 0 spiro atoms. The number of hydrogen-bond donors (Lipinski definition) is 2. The van der Waals surface area contributed by atoms with Crippen molar-refractivity contribution < 1.29 is 13.2 Å². The number of aromatic nitrogens is 1. The Balaban J connectivity index is 1.43. The van der Waals surface area contributed by atoms with Crippen LogP contribution in [0.4, 0.5) is 5.69 Å². The van der Waals surface area contributed by atoms with Crippen LogP contribution in [-0.2, 0) is 14.8 Å². The molecule has 0 unspecified atom stereocenters. The minimum absolute atomic E-state index is 0.0416.